The molecule has 0 aliphatic rings. The third-order valence-electron chi connectivity index (χ3n) is 0.886. The van der Waals surface area contributed by atoms with Crippen LogP contribution in [0.3, 0.4) is 0 Å². The second kappa shape index (κ2) is 18.4. The molecule has 0 aliphatic heterocycles. The second-order valence-corrected chi connectivity index (χ2v) is 1.52. The zero-order valence-electron chi connectivity index (χ0n) is 6.77. The fourth-order valence-electron chi connectivity index (χ4n) is 0.490. The molecular formula is C4H16Cl3N3O3. The molecular weight excluding hydrogens is 244 g/mol. The van der Waals surface area contributed by atoms with Crippen molar-refractivity contribution in [3.8, 4) is 0 Å². The zero-order valence-corrected chi connectivity index (χ0v) is 9.21. The molecule has 0 aliphatic carbocycles. The van der Waals surface area contributed by atoms with Crippen LogP contribution in [0.1, 0.15) is 0 Å². The van der Waals surface area contributed by atoms with Gasteiger partial charge in [-0.1, -0.05) is 0 Å². The largest absolute Gasteiger partial charge is 0.381 e. The summed E-state index contributed by atoms with van der Waals surface area (Å²) in [4.78, 5) is 0. The van der Waals surface area contributed by atoms with Crippen LogP contribution in [-0.4, -0.2) is 41.8 Å². The Morgan fingerprint density at radius 2 is 0.923 bits per heavy atom. The van der Waals surface area contributed by atoms with Crippen molar-refractivity contribution in [2.24, 2.45) is 0 Å². The number of nitrogens with one attached hydrogen (secondary N) is 3. The third-order valence-corrected chi connectivity index (χ3v) is 0.886. The van der Waals surface area contributed by atoms with Gasteiger partial charge in [-0.2, -0.15) is 0 Å². The highest BCUT2D eigenvalue weighted by atomic mass is 35.5. The van der Waals surface area contributed by atoms with Crippen LogP contribution in [0.2, 0.25) is 0 Å². The molecule has 0 saturated heterocycles. The van der Waals surface area contributed by atoms with E-state index in [1.165, 1.54) is 0 Å². The van der Waals surface area contributed by atoms with Crippen molar-refractivity contribution >= 4 is 37.2 Å². The molecule has 0 aromatic rings. The van der Waals surface area contributed by atoms with Crippen LogP contribution in [-0.2, 0) is 0 Å². The Balaban J connectivity index is -0.000000135. The van der Waals surface area contributed by atoms with Gasteiger partial charge in [0, 0.05) is 0 Å². The van der Waals surface area contributed by atoms with Crippen LogP contribution in [0.25, 0.3) is 0 Å². The molecule has 6 N–H and O–H groups in total. The highest BCUT2D eigenvalue weighted by Gasteiger charge is 2.00. The molecule has 0 spiro atoms. The Morgan fingerprint density at radius 3 is 1.08 bits per heavy atom. The molecule has 0 radical (unpaired) electrons. The lowest BCUT2D eigenvalue weighted by atomic mass is 10.7. The van der Waals surface area contributed by atoms with Gasteiger partial charge in [0.2, 0.25) is 0 Å². The van der Waals surface area contributed by atoms with Crippen molar-refractivity contribution in [1.82, 2.24) is 16.0 Å². The minimum atomic E-state index is -0.472. The Kier molecular flexibility index (Phi) is 33.2. The normalized spacial score (nSPS) is 8.31. The highest BCUT2D eigenvalue weighted by Crippen LogP contribution is 1.66. The van der Waals surface area contributed by atoms with Crippen molar-refractivity contribution in [3.05, 3.63) is 0 Å². The van der Waals surface area contributed by atoms with E-state index in [9.17, 15) is 0 Å². The minimum absolute atomic E-state index is 0. The number of hydrogen-bond acceptors (Lipinski definition) is 6. The lowest BCUT2D eigenvalue weighted by Crippen LogP contribution is -2.53. The molecule has 0 fully saturated rings. The predicted octanol–water partition coefficient (Wildman–Crippen LogP) is -1.85. The van der Waals surface area contributed by atoms with E-state index in [1.54, 1.807) is 0 Å². The summed E-state index contributed by atoms with van der Waals surface area (Å²) in [6.07, 6.45) is -0.472. The highest BCUT2D eigenvalue weighted by molar-refractivity contribution is 5.86. The van der Waals surface area contributed by atoms with Gasteiger partial charge in [0.1, 0.15) is 6.29 Å². The smallest absolute Gasteiger partial charge is 0.117 e. The first kappa shape index (κ1) is 23.4. The van der Waals surface area contributed by atoms with Gasteiger partial charge in [0.25, 0.3) is 0 Å². The molecule has 0 rings (SSSR count). The fourth-order valence-corrected chi connectivity index (χ4v) is 0.490. The van der Waals surface area contributed by atoms with Crippen LogP contribution < -0.4 is 16.0 Å². The number of halogens is 3. The van der Waals surface area contributed by atoms with E-state index in [4.69, 9.17) is 15.3 Å². The summed E-state index contributed by atoms with van der Waals surface area (Å²) in [6, 6.07) is 0. The van der Waals surface area contributed by atoms with Gasteiger partial charge < -0.3 is 15.3 Å². The Hall–Kier alpha value is 0.630. The maximum atomic E-state index is 8.34. The standard InChI is InChI=1S/C4H13N3O3.3ClH/c8-1-5-4(6-2-9)7-3-10;;;/h4-10H,1-3H2;3*1H. The molecule has 0 aromatic heterocycles. The Labute approximate surface area is 95.3 Å². The molecule has 13 heavy (non-hydrogen) atoms. The van der Waals surface area contributed by atoms with Gasteiger partial charge >= 0.3 is 0 Å². The molecule has 0 aromatic carbocycles. The summed E-state index contributed by atoms with van der Waals surface area (Å²) in [7, 11) is 0. The van der Waals surface area contributed by atoms with Crippen LogP contribution in [0.15, 0.2) is 0 Å². The van der Waals surface area contributed by atoms with Crippen LogP contribution in [0.5, 0.6) is 0 Å². The van der Waals surface area contributed by atoms with E-state index in [-0.39, 0.29) is 57.4 Å². The summed E-state index contributed by atoms with van der Waals surface area (Å²) in [6.45, 7) is -0.694. The number of aliphatic hydroxyl groups excluding tert-OH is 3. The first-order valence-corrected chi connectivity index (χ1v) is 2.88. The molecule has 0 atom stereocenters. The number of aliphatic hydroxyl groups is 3. The van der Waals surface area contributed by atoms with E-state index in [1.807, 2.05) is 0 Å². The molecule has 0 heterocycles. The van der Waals surface area contributed by atoms with Gasteiger partial charge in [-0.05, 0) is 0 Å². The van der Waals surface area contributed by atoms with Gasteiger partial charge in [-0.15, -0.1) is 37.2 Å². The van der Waals surface area contributed by atoms with Crippen LogP contribution >= 0.6 is 37.2 Å². The second-order valence-electron chi connectivity index (χ2n) is 1.52. The fraction of sp³-hybridized carbons (Fsp3) is 1.00. The monoisotopic (exact) mass is 259 g/mol. The summed E-state index contributed by atoms with van der Waals surface area (Å²) in [5.74, 6) is 0. The lowest BCUT2D eigenvalue weighted by Gasteiger charge is -2.17. The molecule has 86 valence electrons. The average molecular weight is 261 g/mol. The van der Waals surface area contributed by atoms with E-state index in [0.717, 1.165) is 0 Å². The SMILES string of the molecule is Cl.Cl.Cl.OCNC(NCO)NCO. The van der Waals surface area contributed by atoms with Gasteiger partial charge in [-0.25, -0.2) is 0 Å². The topological polar surface area (TPSA) is 96.8 Å². The quantitative estimate of drug-likeness (QED) is 0.314. The van der Waals surface area contributed by atoms with Crippen molar-refractivity contribution in [1.29, 1.82) is 0 Å². The summed E-state index contributed by atoms with van der Waals surface area (Å²) < 4.78 is 0. The number of hydrogen-bond donors (Lipinski definition) is 6. The van der Waals surface area contributed by atoms with Crippen molar-refractivity contribution in [2.75, 3.05) is 20.2 Å². The summed E-state index contributed by atoms with van der Waals surface area (Å²) in [5, 5.41) is 32.5. The van der Waals surface area contributed by atoms with Crippen molar-refractivity contribution in [3.63, 3.8) is 0 Å². The van der Waals surface area contributed by atoms with Gasteiger partial charge in [0.15, 0.2) is 0 Å². The first-order valence-electron chi connectivity index (χ1n) is 2.88. The van der Waals surface area contributed by atoms with E-state index < -0.39 is 6.29 Å². The molecule has 6 nitrogen and oxygen atoms in total. The minimum Gasteiger partial charge on any atom is -0.381 e. The maximum Gasteiger partial charge on any atom is 0.117 e. The summed E-state index contributed by atoms with van der Waals surface area (Å²) >= 11 is 0. The summed E-state index contributed by atoms with van der Waals surface area (Å²) in [5.41, 5.74) is 0. The van der Waals surface area contributed by atoms with Crippen molar-refractivity contribution < 1.29 is 15.3 Å². The molecule has 0 bridgehead atoms. The number of rotatable bonds is 6. The lowest BCUT2D eigenvalue weighted by molar-refractivity contribution is 0.143. The zero-order chi connectivity index (χ0) is 7.82. The Bertz CT molecular complexity index is 68.6. The first-order chi connectivity index (χ1) is 4.85. The molecule has 9 heteroatoms. The van der Waals surface area contributed by atoms with E-state index >= 15 is 0 Å². The van der Waals surface area contributed by atoms with E-state index in [0.29, 0.717) is 0 Å². The predicted molar refractivity (Wildman–Crippen MR) is 56.2 cm³/mol. The molecule has 0 amide bonds. The third kappa shape index (κ3) is 15.4. The molecule has 0 saturated carbocycles. The van der Waals surface area contributed by atoms with Gasteiger partial charge in [0.05, 0.1) is 20.2 Å². The van der Waals surface area contributed by atoms with E-state index in [2.05, 4.69) is 16.0 Å². The van der Waals surface area contributed by atoms with Crippen molar-refractivity contribution in [2.45, 2.75) is 6.29 Å². The van der Waals surface area contributed by atoms with Crippen LogP contribution in [0, 0.1) is 0 Å². The van der Waals surface area contributed by atoms with Crippen LogP contribution in [0.4, 0.5) is 0 Å². The molecule has 0 unspecified atom stereocenters. The van der Waals surface area contributed by atoms with Gasteiger partial charge in [-0.3, -0.25) is 16.0 Å². The Morgan fingerprint density at radius 1 is 0.692 bits per heavy atom. The maximum absolute atomic E-state index is 8.34. The average Bonchev–Trinajstić information content (AvgIpc) is 1.90.